The van der Waals surface area contributed by atoms with Crippen LogP contribution in [0.3, 0.4) is 0 Å². The maximum Gasteiger partial charge on any atom is 0.573 e. The molecule has 4 nitrogen and oxygen atoms in total. The van der Waals surface area contributed by atoms with Crippen LogP contribution in [0.1, 0.15) is 5.56 Å². The molecular formula is C7H7F3IN3O. The number of nitrogens with two attached hydrogens (primary N) is 2. The van der Waals surface area contributed by atoms with Gasteiger partial charge in [0.2, 0.25) is 0 Å². The summed E-state index contributed by atoms with van der Waals surface area (Å²) in [6.45, 7) is -0.166. The monoisotopic (exact) mass is 333 g/mol. The van der Waals surface area contributed by atoms with Gasteiger partial charge < -0.3 is 16.2 Å². The van der Waals surface area contributed by atoms with E-state index in [1.807, 2.05) is 0 Å². The highest BCUT2D eigenvalue weighted by Gasteiger charge is 2.32. The first-order valence-electron chi connectivity index (χ1n) is 3.74. The highest BCUT2D eigenvalue weighted by atomic mass is 127. The predicted molar refractivity (Wildman–Crippen MR) is 55.9 cm³/mol. The second kappa shape index (κ2) is 4.39. The van der Waals surface area contributed by atoms with Crippen molar-refractivity contribution in [1.82, 2.24) is 4.98 Å². The second-order valence-corrected chi connectivity index (χ2v) is 3.66. The number of nitrogen functional groups attached to an aromatic ring is 1. The van der Waals surface area contributed by atoms with Crippen LogP contribution in [0.15, 0.2) is 6.07 Å². The molecule has 0 aliphatic heterocycles. The Morgan fingerprint density at radius 1 is 1.47 bits per heavy atom. The number of aromatic nitrogens is 1. The fraction of sp³-hybridized carbons (Fsp3) is 0.286. The number of pyridine rings is 1. The average molecular weight is 333 g/mol. The zero-order chi connectivity index (χ0) is 11.6. The minimum absolute atomic E-state index is 0.0488. The normalized spacial score (nSPS) is 11.5. The van der Waals surface area contributed by atoms with E-state index >= 15 is 0 Å². The maximum atomic E-state index is 12.0. The van der Waals surface area contributed by atoms with Crippen molar-refractivity contribution in [3.8, 4) is 5.75 Å². The van der Waals surface area contributed by atoms with Crippen LogP contribution in [0.5, 0.6) is 5.75 Å². The number of hydrogen-bond acceptors (Lipinski definition) is 4. The van der Waals surface area contributed by atoms with Crippen LogP contribution in [0.2, 0.25) is 0 Å². The molecule has 1 heterocycles. The Balaban J connectivity index is 3.15. The van der Waals surface area contributed by atoms with Crippen molar-refractivity contribution in [2.45, 2.75) is 12.9 Å². The van der Waals surface area contributed by atoms with Crippen molar-refractivity contribution >= 4 is 28.4 Å². The van der Waals surface area contributed by atoms with E-state index in [0.29, 0.717) is 3.70 Å². The summed E-state index contributed by atoms with van der Waals surface area (Å²) in [6.07, 6.45) is -4.76. The summed E-state index contributed by atoms with van der Waals surface area (Å²) >= 11 is 1.74. The Labute approximate surface area is 96.9 Å². The van der Waals surface area contributed by atoms with Crippen molar-refractivity contribution < 1.29 is 17.9 Å². The van der Waals surface area contributed by atoms with Gasteiger partial charge in [-0.15, -0.1) is 13.2 Å². The van der Waals surface area contributed by atoms with Gasteiger partial charge >= 0.3 is 6.36 Å². The smallest absolute Gasteiger partial charge is 0.405 e. The average Bonchev–Trinajstić information content (AvgIpc) is 1.99. The summed E-state index contributed by atoms with van der Waals surface area (Å²) < 4.78 is 40.1. The highest BCUT2D eigenvalue weighted by Crippen LogP contribution is 2.29. The fourth-order valence-corrected chi connectivity index (χ4v) is 1.50. The third-order valence-electron chi connectivity index (χ3n) is 1.51. The number of halogens is 4. The summed E-state index contributed by atoms with van der Waals surface area (Å²) in [4.78, 5) is 3.77. The number of anilines is 1. The molecule has 0 saturated carbocycles. The first kappa shape index (κ1) is 12.3. The zero-order valence-corrected chi connectivity index (χ0v) is 9.46. The van der Waals surface area contributed by atoms with Gasteiger partial charge in [0, 0.05) is 12.6 Å². The van der Waals surface area contributed by atoms with Crippen molar-refractivity contribution in [1.29, 1.82) is 0 Å². The Morgan fingerprint density at radius 3 is 2.53 bits per heavy atom. The molecule has 0 radical (unpaired) electrons. The molecule has 1 rings (SSSR count). The van der Waals surface area contributed by atoms with Crippen LogP contribution in [0, 0.1) is 3.70 Å². The third kappa shape index (κ3) is 3.38. The van der Waals surface area contributed by atoms with Crippen LogP contribution in [-0.2, 0) is 6.54 Å². The topological polar surface area (TPSA) is 74.2 Å². The van der Waals surface area contributed by atoms with E-state index < -0.39 is 12.1 Å². The summed E-state index contributed by atoms with van der Waals surface area (Å²) in [6, 6.07) is 1.13. The molecule has 0 unspecified atom stereocenters. The van der Waals surface area contributed by atoms with E-state index in [-0.39, 0.29) is 17.9 Å². The van der Waals surface area contributed by atoms with E-state index in [1.54, 1.807) is 22.6 Å². The van der Waals surface area contributed by atoms with Gasteiger partial charge in [-0.2, -0.15) is 0 Å². The summed E-state index contributed by atoms with van der Waals surface area (Å²) in [5.41, 5.74) is 10.7. The van der Waals surface area contributed by atoms with E-state index in [4.69, 9.17) is 11.5 Å². The van der Waals surface area contributed by atoms with Crippen LogP contribution in [0.25, 0.3) is 0 Å². The molecule has 0 aliphatic carbocycles. The first-order chi connectivity index (χ1) is 6.83. The number of rotatable bonds is 2. The maximum absolute atomic E-state index is 12.0. The molecule has 0 aliphatic rings. The molecule has 4 N–H and O–H groups in total. The van der Waals surface area contributed by atoms with Crippen molar-refractivity contribution in [3.05, 3.63) is 15.3 Å². The Morgan fingerprint density at radius 2 is 2.07 bits per heavy atom. The predicted octanol–water partition coefficient (Wildman–Crippen LogP) is 1.63. The van der Waals surface area contributed by atoms with E-state index in [1.165, 1.54) is 0 Å². The van der Waals surface area contributed by atoms with Crippen LogP contribution < -0.4 is 16.2 Å². The van der Waals surface area contributed by atoms with Gasteiger partial charge in [-0.1, -0.05) is 0 Å². The van der Waals surface area contributed by atoms with Gasteiger partial charge in [-0.05, 0) is 22.6 Å². The lowest BCUT2D eigenvalue weighted by atomic mass is 10.2. The summed E-state index contributed by atoms with van der Waals surface area (Å²) in [5.74, 6) is -0.453. The van der Waals surface area contributed by atoms with Crippen LogP contribution in [0.4, 0.5) is 19.0 Å². The molecule has 0 amide bonds. The third-order valence-corrected chi connectivity index (χ3v) is 2.07. The van der Waals surface area contributed by atoms with Crippen molar-refractivity contribution in [3.63, 3.8) is 0 Å². The molecule has 0 atom stereocenters. The van der Waals surface area contributed by atoms with Gasteiger partial charge in [-0.25, -0.2) is 4.98 Å². The molecular weight excluding hydrogens is 326 g/mol. The summed E-state index contributed by atoms with van der Waals surface area (Å²) in [5, 5.41) is 0. The van der Waals surface area contributed by atoms with Crippen molar-refractivity contribution in [2.75, 3.05) is 5.73 Å². The summed E-state index contributed by atoms with van der Waals surface area (Å²) in [7, 11) is 0. The van der Waals surface area contributed by atoms with E-state index in [9.17, 15) is 13.2 Å². The molecule has 0 bridgehead atoms. The number of hydrogen-bond donors (Lipinski definition) is 2. The van der Waals surface area contributed by atoms with Gasteiger partial charge in [0.15, 0.2) is 0 Å². The van der Waals surface area contributed by atoms with Gasteiger partial charge in [-0.3, -0.25) is 0 Å². The molecule has 0 aromatic carbocycles. The Kier molecular flexibility index (Phi) is 3.60. The SMILES string of the molecule is NCc1c(OC(F)(F)F)cc(I)nc1N. The minimum Gasteiger partial charge on any atom is -0.405 e. The molecule has 0 spiro atoms. The molecule has 0 saturated heterocycles. The molecule has 0 fully saturated rings. The Hall–Kier alpha value is -0.770. The zero-order valence-electron chi connectivity index (χ0n) is 7.31. The Bertz CT molecular complexity index is 369. The lowest BCUT2D eigenvalue weighted by molar-refractivity contribution is -0.274. The molecule has 1 aromatic heterocycles. The van der Waals surface area contributed by atoms with E-state index in [0.717, 1.165) is 6.07 Å². The molecule has 15 heavy (non-hydrogen) atoms. The van der Waals surface area contributed by atoms with Gasteiger partial charge in [0.1, 0.15) is 15.3 Å². The lowest BCUT2D eigenvalue weighted by Gasteiger charge is -2.13. The van der Waals surface area contributed by atoms with Gasteiger partial charge in [0.05, 0.1) is 5.56 Å². The first-order valence-corrected chi connectivity index (χ1v) is 4.82. The van der Waals surface area contributed by atoms with Gasteiger partial charge in [0.25, 0.3) is 0 Å². The van der Waals surface area contributed by atoms with Crippen molar-refractivity contribution in [2.24, 2.45) is 5.73 Å². The second-order valence-electron chi connectivity index (χ2n) is 2.56. The standard InChI is InChI=1S/C7H7F3IN3O/c8-7(9,10)15-4-1-5(11)14-6(13)3(4)2-12/h1H,2,12H2,(H2,13,14). The quantitative estimate of drug-likeness (QED) is 0.637. The van der Waals surface area contributed by atoms with Crippen LogP contribution in [-0.4, -0.2) is 11.3 Å². The molecule has 84 valence electrons. The molecule has 1 aromatic rings. The molecule has 8 heteroatoms. The number of alkyl halides is 3. The lowest BCUT2D eigenvalue weighted by Crippen LogP contribution is -2.20. The van der Waals surface area contributed by atoms with E-state index in [2.05, 4.69) is 9.72 Å². The number of nitrogens with zero attached hydrogens (tertiary/aromatic N) is 1. The largest absolute Gasteiger partial charge is 0.573 e. The number of ether oxygens (including phenoxy) is 1. The highest BCUT2D eigenvalue weighted by molar-refractivity contribution is 14.1. The van der Waals surface area contributed by atoms with Crippen LogP contribution >= 0.6 is 22.6 Å². The fourth-order valence-electron chi connectivity index (χ4n) is 0.957. The minimum atomic E-state index is -4.76.